The minimum atomic E-state index is -0.781. The Morgan fingerprint density at radius 2 is 1.71 bits per heavy atom. The van der Waals surface area contributed by atoms with Gasteiger partial charge >= 0.3 is 0 Å². The zero-order valence-electron chi connectivity index (χ0n) is 26.2. The Morgan fingerprint density at radius 1 is 0.933 bits per heavy atom. The first-order valence-electron chi connectivity index (χ1n) is 15.1. The summed E-state index contributed by atoms with van der Waals surface area (Å²) in [5.74, 6) is 0.731. The van der Waals surface area contributed by atoms with E-state index >= 15 is 0 Å². The van der Waals surface area contributed by atoms with Crippen molar-refractivity contribution >= 4 is 17.7 Å². The minimum absolute atomic E-state index is 0.0532. The summed E-state index contributed by atoms with van der Waals surface area (Å²) in [7, 11) is 3.04. The number of nitrogens with zero attached hydrogens (tertiary/aromatic N) is 1. The van der Waals surface area contributed by atoms with Crippen molar-refractivity contribution < 1.29 is 33.7 Å². The number of phenolic OH excluding ortho intramolecular Hbond substituents is 1. The molecule has 0 radical (unpaired) electrons. The van der Waals surface area contributed by atoms with E-state index in [-0.39, 0.29) is 42.5 Å². The first-order chi connectivity index (χ1) is 21.7. The van der Waals surface area contributed by atoms with Crippen LogP contribution in [0.15, 0.2) is 60.7 Å². The third kappa shape index (κ3) is 9.12. The van der Waals surface area contributed by atoms with Crippen LogP contribution in [-0.4, -0.2) is 67.6 Å². The Morgan fingerprint density at radius 3 is 2.44 bits per heavy atom. The average Bonchev–Trinajstić information content (AvgIpc) is 3.01. The predicted octanol–water partition coefficient (Wildman–Crippen LogP) is 3.98. The summed E-state index contributed by atoms with van der Waals surface area (Å²) in [6.45, 7) is 5.29. The van der Waals surface area contributed by atoms with Gasteiger partial charge in [-0.2, -0.15) is 0 Å². The highest BCUT2D eigenvalue weighted by Crippen LogP contribution is 2.37. The molecule has 0 spiro atoms. The molecule has 0 unspecified atom stereocenters. The number of hydrogen-bond donors (Lipinski definition) is 4. The SMILES string of the molecule is COc1ccc2cc1Oc1cccc(OC)c1CNC(=O)[C@@H](C(C)C)NC(=O)CN(Cc1cccc(O)c1)CCCCNC2=O. The maximum atomic E-state index is 13.5. The quantitative estimate of drug-likeness (QED) is 0.337. The van der Waals surface area contributed by atoms with Gasteiger partial charge in [-0.05, 0) is 73.3 Å². The van der Waals surface area contributed by atoms with Crippen LogP contribution in [-0.2, 0) is 22.7 Å². The summed E-state index contributed by atoms with van der Waals surface area (Å²) >= 11 is 0. The highest BCUT2D eigenvalue weighted by molar-refractivity contribution is 5.95. The van der Waals surface area contributed by atoms with E-state index in [4.69, 9.17) is 14.2 Å². The first-order valence-corrected chi connectivity index (χ1v) is 15.1. The average molecular weight is 619 g/mol. The van der Waals surface area contributed by atoms with Crippen LogP contribution in [0.2, 0.25) is 0 Å². The molecular weight excluding hydrogens is 576 g/mol. The lowest BCUT2D eigenvalue weighted by molar-refractivity contribution is -0.130. The van der Waals surface area contributed by atoms with Gasteiger partial charge in [0.15, 0.2) is 11.5 Å². The second-order valence-corrected chi connectivity index (χ2v) is 11.3. The van der Waals surface area contributed by atoms with Crippen molar-refractivity contribution in [2.45, 2.75) is 45.8 Å². The molecule has 3 amide bonds. The second-order valence-electron chi connectivity index (χ2n) is 11.3. The molecule has 0 saturated carbocycles. The van der Waals surface area contributed by atoms with Crippen LogP contribution in [0.1, 0.15) is 48.2 Å². The van der Waals surface area contributed by atoms with Gasteiger partial charge in [-0.25, -0.2) is 0 Å². The third-order valence-electron chi connectivity index (χ3n) is 7.53. The maximum Gasteiger partial charge on any atom is 0.251 e. The highest BCUT2D eigenvalue weighted by atomic mass is 16.5. The number of nitrogens with one attached hydrogen (secondary N) is 3. The van der Waals surface area contributed by atoms with Gasteiger partial charge in [0.2, 0.25) is 11.8 Å². The van der Waals surface area contributed by atoms with E-state index in [2.05, 4.69) is 16.0 Å². The lowest BCUT2D eigenvalue weighted by atomic mass is 10.0. The summed E-state index contributed by atoms with van der Waals surface area (Å²) in [5.41, 5.74) is 1.83. The van der Waals surface area contributed by atoms with E-state index in [9.17, 15) is 19.5 Å². The van der Waals surface area contributed by atoms with Crippen LogP contribution >= 0.6 is 0 Å². The van der Waals surface area contributed by atoms with E-state index < -0.39 is 6.04 Å². The van der Waals surface area contributed by atoms with Crippen LogP contribution in [0.5, 0.6) is 28.7 Å². The zero-order chi connectivity index (χ0) is 32.3. The summed E-state index contributed by atoms with van der Waals surface area (Å²) in [4.78, 5) is 41.8. The smallest absolute Gasteiger partial charge is 0.251 e. The molecule has 2 bridgehead atoms. The Kier molecular flexibility index (Phi) is 11.6. The van der Waals surface area contributed by atoms with Crippen molar-refractivity contribution in [2.75, 3.05) is 33.9 Å². The fraction of sp³-hybridized carbons (Fsp3) is 0.382. The molecule has 45 heavy (non-hydrogen) atoms. The van der Waals surface area contributed by atoms with Crippen molar-refractivity contribution in [3.8, 4) is 28.7 Å². The van der Waals surface area contributed by atoms with Crippen LogP contribution in [0.3, 0.4) is 0 Å². The van der Waals surface area contributed by atoms with Gasteiger partial charge in [-0.15, -0.1) is 0 Å². The Bertz CT molecular complexity index is 1490. The van der Waals surface area contributed by atoms with Crippen LogP contribution in [0, 0.1) is 5.92 Å². The number of methoxy groups -OCH3 is 2. The Hall–Kier alpha value is -4.77. The molecule has 11 nitrogen and oxygen atoms in total. The lowest BCUT2D eigenvalue weighted by Crippen LogP contribution is -2.51. The van der Waals surface area contributed by atoms with Crippen molar-refractivity contribution in [3.63, 3.8) is 0 Å². The number of ether oxygens (including phenoxy) is 3. The Balaban J connectivity index is 1.65. The van der Waals surface area contributed by atoms with Gasteiger partial charge < -0.3 is 35.3 Å². The molecule has 240 valence electrons. The molecule has 0 aliphatic carbocycles. The number of aromatic hydroxyl groups is 1. The number of carbonyl (C=O) groups excluding carboxylic acids is 3. The summed E-state index contributed by atoms with van der Waals surface area (Å²) < 4.78 is 17.3. The van der Waals surface area contributed by atoms with E-state index in [1.807, 2.05) is 24.8 Å². The molecule has 1 heterocycles. The third-order valence-corrected chi connectivity index (χ3v) is 7.53. The predicted molar refractivity (Wildman–Crippen MR) is 170 cm³/mol. The van der Waals surface area contributed by atoms with Gasteiger partial charge in [0, 0.05) is 18.7 Å². The number of hydrogen-bond acceptors (Lipinski definition) is 8. The standard InChI is InChI=1S/C34H42N4O7/c1-22(2)32-34(42)36-19-26-27(43-3)11-8-12-28(26)45-30-18-24(13-14-29(30)44-4)33(41)35-15-5-6-16-38(21-31(40)37-32)20-23-9-7-10-25(39)17-23/h7-14,17-18,22,32,39H,5-6,15-16,19-21H2,1-4H3,(H,35,41)(H,36,42)(H,37,40)/t32-/m1/s1. The second kappa shape index (κ2) is 15.8. The molecule has 11 heteroatoms. The van der Waals surface area contributed by atoms with Crippen molar-refractivity contribution in [3.05, 3.63) is 77.4 Å². The normalized spacial score (nSPS) is 17.3. The highest BCUT2D eigenvalue weighted by Gasteiger charge is 2.26. The Labute approximate surface area is 263 Å². The van der Waals surface area contributed by atoms with Gasteiger partial charge in [-0.1, -0.05) is 32.0 Å². The first kappa shape index (κ1) is 33.1. The summed E-state index contributed by atoms with van der Waals surface area (Å²) in [6.07, 6.45) is 1.38. The topological polar surface area (TPSA) is 138 Å². The van der Waals surface area contributed by atoms with Gasteiger partial charge in [-0.3, -0.25) is 19.3 Å². The monoisotopic (exact) mass is 618 g/mol. The molecule has 4 N–H and O–H groups in total. The molecule has 0 aromatic heterocycles. The molecule has 3 aromatic carbocycles. The zero-order valence-corrected chi connectivity index (χ0v) is 26.2. The number of rotatable bonds is 5. The molecule has 0 fully saturated rings. The fourth-order valence-corrected chi connectivity index (χ4v) is 5.16. The number of amides is 3. The van der Waals surface area contributed by atoms with Gasteiger partial charge in [0.1, 0.15) is 23.3 Å². The fourth-order valence-electron chi connectivity index (χ4n) is 5.16. The van der Waals surface area contributed by atoms with Crippen LogP contribution in [0.25, 0.3) is 0 Å². The largest absolute Gasteiger partial charge is 0.508 e. The summed E-state index contributed by atoms with van der Waals surface area (Å²) in [5, 5.41) is 18.8. The molecule has 3 aromatic rings. The van der Waals surface area contributed by atoms with E-state index in [1.165, 1.54) is 14.2 Å². The summed E-state index contributed by atoms with van der Waals surface area (Å²) in [6, 6.07) is 16.4. The van der Waals surface area contributed by atoms with Crippen LogP contribution < -0.4 is 30.2 Å². The molecule has 1 aliphatic heterocycles. The number of fused-ring (bicyclic) bond motifs is 3. The number of phenols is 1. The molecule has 0 saturated heterocycles. The van der Waals surface area contributed by atoms with Crippen LogP contribution in [0.4, 0.5) is 0 Å². The van der Waals surface area contributed by atoms with Gasteiger partial charge in [0.25, 0.3) is 5.91 Å². The van der Waals surface area contributed by atoms with E-state index in [0.29, 0.717) is 66.6 Å². The lowest BCUT2D eigenvalue weighted by Gasteiger charge is -2.26. The molecule has 4 rings (SSSR count). The van der Waals surface area contributed by atoms with Crippen molar-refractivity contribution in [1.29, 1.82) is 0 Å². The van der Waals surface area contributed by atoms with Crippen molar-refractivity contribution in [1.82, 2.24) is 20.9 Å². The maximum absolute atomic E-state index is 13.5. The molecule has 1 atom stereocenters. The van der Waals surface area contributed by atoms with E-state index in [1.54, 1.807) is 54.6 Å². The molecule has 1 aliphatic rings. The number of benzene rings is 3. The number of carbonyl (C=O) groups is 3. The van der Waals surface area contributed by atoms with Crippen molar-refractivity contribution in [2.24, 2.45) is 5.92 Å². The van der Waals surface area contributed by atoms with E-state index in [0.717, 1.165) is 5.56 Å². The van der Waals surface area contributed by atoms with Gasteiger partial charge in [0.05, 0.1) is 32.9 Å². The molecular formula is C34H42N4O7. The minimum Gasteiger partial charge on any atom is -0.508 e.